The minimum Gasteiger partial charge on any atom is -0.512 e. The third-order valence-electron chi connectivity index (χ3n) is 11.2. The standard InChI is InChI=1S/C31H28NOS.C15H28O2.Ir/c1-18(2)14-21-17-25-27(34-21)11-10-23-24-12-13-32-28(30(24)33-29(23)25)20-15-19-8-6-7-9-22(19)26(16-20)31(3,4)5;1-7-14(5,8-2)12(16)11-13(17)15(6,9-3)10-4;/h6-13,16-18H,14H2,1-5H3;11,16H,7-10H2,1-6H3;/q-1;;/b;12-11-;. The van der Waals surface area contributed by atoms with Crippen LogP contribution in [0.25, 0.3) is 54.1 Å². The van der Waals surface area contributed by atoms with E-state index in [1.165, 1.54) is 32.0 Å². The summed E-state index contributed by atoms with van der Waals surface area (Å²) < 4.78 is 7.91. The van der Waals surface area contributed by atoms with Crippen molar-refractivity contribution < 1.29 is 34.4 Å². The van der Waals surface area contributed by atoms with Crippen molar-refractivity contribution in [3.8, 4) is 11.3 Å². The van der Waals surface area contributed by atoms with Crippen molar-refractivity contribution in [1.29, 1.82) is 0 Å². The Kier molecular flexibility index (Phi) is 13.0. The summed E-state index contributed by atoms with van der Waals surface area (Å²) in [5.74, 6) is 0.921. The van der Waals surface area contributed by atoms with Crippen LogP contribution in [0, 0.1) is 22.8 Å². The summed E-state index contributed by atoms with van der Waals surface area (Å²) in [5.41, 5.74) is 4.34. The van der Waals surface area contributed by atoms with E-state index in [0.717, 1.165) is 70.7 Å². The van der Waals surface area contributed by atoms with Gasteiger partial charge in [-0.25, -0.2) is 0 Å². The number of nitrogens with zero attached hydrogens (tertiary/aromatic N) is 1. The molecule has 0 aliphatic heterocycles. The summed E-state index contributed by atoms with van der Waals surface area (Å²) in [4.78, 5) is 18.4. The van der Waals surface area contributed by atoms with Crippen LogP contribution in [0.3, 0.4) is 0 Å². The predicted molar refractivity (Wildman–Crippen MR) is 219 cm³/mol. The summed E-state index contributed by atoms with van der Waals surface area (Å²) >= 11 is 1.88. The second kappa shape index (κ2) is 16.4. The van der Waals surface area contributed by atoms with Gasteiger partial charge in [0.25, 0.3) is 0 Å². The minimum atomic E-state index is -0.337. The van der Waals surface area contributed by atoms with E-state index in [0.29, 0.717) is 5.92 Å². The number of ketones is 1. The fourth-order valence-electron chi connectivity index (χ4n) is 6.68. The Hall–Kier alpha value is -3.31. The van der Waals surface area contributed by atoms with Crippen LogP contribution < -0.4 is 0 Å². The first kappa shape index (κ1) is 41.4. The van der Waals surface area contributed by atoms with Gasteiger partial charge in [0, 0.05) is 74.6 Å². The molecule has 6 heteroatoms. The number of carbonyl (C=O) groups is 1. The number of aliphatic hydroxyl groups is 1. The van der Waals surface area contributed by atoms with Gasteiger partial charge in [0.15, 0.2) is 5.78 Å². The molecule has 0 aliphatic carbocycles. The molecule has 3 aromatic carbocycles. The van der Waals surface area contributed by atoms with Crippen LogP contribution in [-0.4, -0.2) is 15.9 Å². The molecule has 0 atom stereocenters. The zero-order valence-electron chi connectivity index (χ0n) is 32.9. The number of pyridine rings is 1. The van der Waals surface area contributed by atoms with Gasteiger partial charge >= 0.3 is 0 Å². The molecule has 4 nitrogen and oxygen atoms in total. The number of fused-ring (bicyclic) bond motifs is 6. The molecular formula is C46H56IrNO3S-. The number of aromatic nitrogens is 1. The SMILES string of the molecule is CC(C)Cc1cc2c(ccc3c4ccnc(-c5[c-]c6ccccc6c(C(C)(C)C)c5)c4oc23)s1.CCC(C)(CC)C(=O)/C=C(\O)C(C)(CC)CC.[Ir]. The summed E-state index contributed by atoms with van der Waals surface area (Å²) in [6, 6.07) is 23.2. The molecule has 6 rings (SSSR count). The number of carbonyl (C=O) groups excluding carboxylic acids is 1. The number of benzene rings is 3. The minimum absolute atomic E-state index is 0. The van der Waals surface area contributed by atoms with Crippen LogP contribution in [0.5, 0.6) is 0 Å². The van der Waals surface area contributed by atoms with Gasteiger partial charge in [0.05, 0.1) is 0 Å². The summed E-state index contributed by atoms with van der Waals surface area (Å²) in [6.45, 7) is 23.4. The fourth-order valence-corrected chi connectivity index (χ4v) is 7.96. The van der Waals surface area contributed by atoms with E-state index >= 15 is 0 Å². The molecule has 1 N–H and O–H groups in total. The quantitative estimate of drug-likeness (QED) is 0.0845. The molecular weight excluding hydrogens is 839 g/mol. The van der Waals surface area contributed by atoms with E-state index in [2.05, 4.69) is 95.3 Å². The van der Waals surface area contributed by atoms with Crippen LogP contribution in [-0.2, 0) is 36.7 Å². The Morgan fingerprint density at radius 1 is 0.846 bits per heavy atom. The number of furan rings is 1. The predicted octanol–water partition coefficient (Wildman–Crippen LogP) is 14.0. The zero-order valence-corrected chi connectivity index (χ0v) is 36.1. The average molecular weight is 895 g/mol. The topological polar surface area (TPSA) is 63.3 Å². The first-order valence-corrected chi connectivity index (χ1v) is 19.5. The number of allylic oxidation sites excluding steroid dienone is 2. The Labute approximate surface area is 328 Å². The molecule has 3 heterocycles. The number of hydrogen-bond donors (Lipinski definition) is 1. The Morgan fingerprint density at radius 2 is 1.48 bits per heavy atom. The summed E-state index contributed by atoms with van der Waals surface area (Å²) in [6.07, 6.45) is 7.74. The monoisotopic (exact) mass is 895 g/mol. The van der Waals surface area contributed by atoms with E-state index in [1.54, 1.807) is 0 Å². The van der Waals surface area contributed by atoms with E-state index in [1.807, 2.05) is 59.1 Å². The smallest absolute Gasteiger partial charge is 0.164 e. The van der Waals surface area contributed by atoms with Crippen molar-refractivity contribution in [2.75, 3.05) is 0 Å². The first-order chi connectivity index (χ1) is 24.1. The maximum absolute atomic E-state index is 12.2. The van der Waals surface area contributed by atoms with Gasteiger partial charge in [-0.1, -0.05) is 105 Å². The van der Waals surface area contributed by atoms with Crippen LogP contribution in [0.1, 0.15) is 112 Å². The Bertz CT molecular complexity index is 2210. The van der Waals surface area contributed by atoms with Gasteiger partial charge in [0.2, 0.25) is 0 Å². The summed E-state index contributed by atoms with van der Waals surface area (Å²) in [7, 11) is 0. The normalized spacial score (nSPS) is 12.8. The maximum atomic E-state index is 12.2. The van der Waals surface area contributed by atoms with E-state index in [-0.39, 0.29) is 47.9 Å². The third-order valence-corrected chi connectivity index (χ3v) is 12.3. The summed E-state index contributed by atoms with van der Waals surface area (Å²) in [5, 5.41) is 16.0. The molecule has 0 amide bonds. The maximum Gasteiger partial charge on any atom is 0.164 e. The molecule has 0 spiro atoms. The largest absolute Gasteiger partial charge is 0.512 e. The van der Waals surface area contributed by atoms with Crippen LogP contribution in [0.15, 0.2) is 77.0 Å². The average Bonchev–Trinajstić information content (AvgIpc) is 3.70. The molecule has 279 valence electrons. The van der Waals surface area contributed by atoms with Gasteiger partial charge in [-0.15, -0.1) is 40.5 Å². The van der Waals surface area contributed by atoms with Crippen molar-refractivity contribution >= 4 is 59.9 Å². The van der Waals surface area contributed by atoms with Crippen molar-refractivity contribution in [3.05, 3.63) is 89.1 Å². The molecule has 0 aliphatic rings. The first-order valence-electron chi connectivity index (χ1n) is 18.7. The number of thiophene rings is 1. The van der Waals surface area contributed by atoms with E-state index < -0.39 is 0 Å². The zero-order chi connectivity index (χ0) is 37.3. The molecule has 0 saturated heterocycles. The van der Waals surface area contributed by atoms with Crippen LogP contribution >= 0.6 is 11.3 Å². The number of hydrogen-bond acceptors (Lipinski definition) is 5. The number of aliphatic hydroxyl groups excluding tert-OH is 1. The molecule has 0 bridgehead atoms. The second-order valence-corrected chi connectivity index (χ2v) is 17.3. The molecule has 3 aromatic heterocycles. The van der Waals surface area contributed by atoms with Gasteiger partial charge in [-0.05, 0) is 67.7 Å². The van der Waals surface area contributed by atoms with Crippen molar-refractivity contribution in [2.24, 2.45) is 16.7 Å². The molecule has 0 saturated carbocycles. The third kappa shape index (κ3) is 8.25. The van der Waals surface area contributed by atoms with Crippen LogP contribution in [0.2, 0.25) is 0 Å². The second-order valence-electron chi connectivity index (χ2n) is 16.1. The van der Waals surface area contributed by atoms with Gasteiger partial charge in [-0.3, -0.25) is 9.78 Å². The van der Waals surface area contributed by atoms with Crippen molar-refractivity contribution in [2.45, 2.75) is 114 Å². The van der Waals surface area contributed by atoms with Crippen molar-refractivity contribution in [3.63, 3.8) is 0 Å². The molecule has 6 aromatic rings. The van der Waals surface area contributed by atoms with Gasteiger partial charge in [0.1, 0.15) is 16.9 Å². The molecule has 0 unspecified atom stereocenters. The van der Waals surface area contributed by atoms with Crippen LogP contribution in [0.4, 0.5) is 0 Å². The molecule has 1 radical (unpaired) electrons. The van der Waals surface area contributed by atoms with Gasteiger partial charge < -0.3 is 9.52 Å². The van der Waals surface area contributed by atoms with Gasteiger partial charge in [-0.2, -0.15) is 0 Å². The van der Waals surface area contributed by atoms with E-state index in [9.17, 15) is 9.90 Å². The van der Waals surface area contributed by atoms with Crippen molar-refractivity contribution in [1.82, 2.24) is 4.98 Å². The molecule has 0 fully saturated rings. The fraction of sp³-hybridized carbons (Fsp3) is 0.435. The Morgan fingerprint density at radius 3 is 2.10 bits per heavy atom. The molecule has 52 heavy (non-hydrogen) atoms. The number of rotatable bonds is 10. The Balaban J connectivity index is 0.000000289. The van der Waals surface area contributed by atoms with E-state index in [4.69, 9.17) is 9.40 Å².